The first-order valence-corrected chi connectivity index (χ1v) is 11.1. The predicted octanol–water partition coefficient (Wildman–Crippen LogP) is 3.14. The topological polar surface area (TPSA) is 95.6 Å². The number of nitrogens with zero attached hydrogens (tertiary/aromatic N) is 1. The number of nitrogens with one attached hydrogen (secondary N) is 2. The molecule has 3 rings (SSSR count). The third-order valence-electron chi connectivity index (χ3n) is 4.94. The standard InChI is InChI=1S/C21H25N3O4S/c1-3-15(2)22-21(26)18-7-4-5-8-19(18)23-29(27,28)17-12-10-16(11-13-17)24-14-6-9-20(24)25/h4-5,7-8,10-13,15,23H,3,6,9,14H2,1-2H3,(H,22,26)/t15-/m0/s1. The number of rotatable bonds is 7. The lowest BCUT2D eigenvalue weighted by Gasteiger charge is -2.17. The lowest BCUT2D eigenvalue weighted by molar-refractivity contribution is -0.117. The van der Waals surface area contributed by atoms with Crippen LogP contribution in [0.25, 0.3) is 0 Å². The molecule has 1 saturated heterocycles. The lowest BCUT2D eigenvalue weighted by atomic mass is 10.1. The number of amides is 2. The summed E-state index contributed by atoms with van der Waals surface area (Å²) in [6, 6.07) is 12.6. The number of hydrogen-bond acceptors (Lipinski definition) is 4. The molecule has 0 unspecified atom stereocenters. The van der Waals surface area contributed by atoms with Crippen LogP contribution >= 0.6 is 0 Å². The summed E-state index contributed by atoms with van der Waals surface area (Å²) in [5.41, 5.74) is 1.16. The van der Waals surface area contributed by atoms with Gasteiger partial charge in [0.05, 0.1) is 16.1 Å². The zero-order chi connectivity index (χ0) is 21.0. The Morgan fingerprint density at radius 1 is 1.14 bits per heavy atom. The van der Waals surface area contributed by atoms with Gasteiger partial charge in [-0.2, -0.15) is 0 Å². The van der Waals surface area contributed by atoms with E-state index in [1.807, 2.05) is 13.8 Å². The minimum absolute atomic E-state index is 0.0204. The molecule has 2 amide bonds. The normalized spacial score (nSPS) is 15.2. The summed E-state index contributed by atoms with van der Waals surface area (Å²) in [6.45, 7) is 4.48. The van der Waals surface area contributed by atoms with E-state index in [0.717, 1.165) is 12.8 Å². The molecule has 0 saturated carbocycles. The first-order chi connectivity index (χ1) is 13.8. The summed E-state index contributed by atoms with van der Waals surface area (Å²) in [5.74, 6) is -0.291. The van der Waals surface area contributed by atoms with E-state index in [9.17, 15) is 18.0 Å². The van der Waals surface area contributed by atoms with Gasteiger partial charge in [0.15, 0.2) is 0 Å². The zero-order valence-corrected chi connectivity index (χ0v) is 17.3. The van der Waals surface area contributed by atoms with Crippen molar-refractivity contribution in [2.45, 2.75) is 44.0 Å². The molecule has 0 radical (unpaired) electrons. The fourth-order valence-electron chi connectivity index (χ4n) is 3.10. The molecule has 7 nitrogen and oxygen atoms in total. The number of benzene rings is 2. The van der Waals surface area contributed by atoms with Crippen LogP contribution < -0.4 is 14.9 Å². The maximum Gasteiger partial charge on any atom is 0.261 e. The van der Waals surface area contributed by atoms with Crippen molar-refractivity contribution in [3.8, 4) is 0 Å². The first-order valence-electron chi connectivity index (χ1n) is 9.65. The highest BCUT2D eigenvalue weighted by molar-refractivity contribution is 7.92. The highest BCUT2D eigenvalue weighted by Crippen LogP contribution is 2.25. The second-order valence-electron chi connectivity index (χ2n) is 7.08. The summed E-state index contributed by atoms with van der Waals surface area (Å²) < 4.78 is 28.2. The number of para-hydroxylation sites is 1. The van der Waals surface area contributed by atoms with Gasteiger partial charge in [0.2, 0.25) is 5.91 Å². The average Bonchev–Trinajstić information content (AvgIpc) is 3.14. The number of carbonyl (C=O) groups excluding carboxylic acids is 2. The van der Waals surface area contributed by atoms with E-state index in [-0.39, 0.29) is 34.0 Å². The molecule has 0 bridgehead atoms. The van der Waals surface area contributed by atoms with E-state index in [1.165, 1.54) is 12.1 Å². The van der Waals surface area contributed by atoms with Crippen molar-refractivity contribution in [1.82, 2.24) is 5.32 Å². The molecule has 1 atom stereocenters. The molecule has 2 aromatic rings. The second kappa shape index (κ2) is 8.65. The number of carbonyl (C=O) groups is 2. The molecule has 1 aliphatic heterocycles. The maximum atomic E-state index is 12.8. The van der Waals surface area contributed by atoms with Crippen molar-refractivity contribution in [1.29, 1.82) is 0 Å². The minimum Gasteiger partial charge on any atom is -0.350 e. The highest BCUT2D eigenvalue weighted by atomic mass is 32.2. The molecule has 0 aliphatic carbocycles. The van der Waals surface area contributed by atoms with Gasteiger partial charge in [0.25, 0.3) is 15.9 Å². The van der Waals surface area contributed by atoms with E-state index in [4.69, 9.17) is 0 Å². The molecule has 2 N–H and O–H groups in total. The molecule has 8 heteroatoms. The third-order valence-corrected chi connectivity index (χ3v) is 6.32. The van der Waals surface area contributed by atoms with Gasteiger partial charge in [-0.05, 0) is 56.2 Å². The molecule has 154 valence electrons. The van der Waals surface area contributed by atoms with Crippen LogP contribution in [0.3, 0.4) is 0 Å². The Morgan fingerprint density at radius 3 is 2.45 bits per heavy atom. The van der Waals surface area contributed by atoms with E-state index >= 15 is 0 Å². The fraction of sp³-hybridized carbons (Fsp3) is 0.333. The third kappa shape index (κ3) is 4.76. The number of hydrogen-bond donors (Lipinski definition) is 2. The van der Waals surface area contributed by atoms with Crippen LogP contribution in [0.5, 0.6) is 0 Å². The van der Waals surface area contributed by atoms with Crippen LogP contribution in [0.15, 0.2) is 53.4 Å². The van der Waals surface area contributed by atoms with Gasteiger partial charge in [-0.3, -0.25) is 14.3 Å². The van der Waals surface area contributed by atoms with Gasteiger partial charge in [0, 0.05) is 24.7 Å². The van der Waals surface area contributed by atoms with Crippen LogP contribution in [0.2, 0.25) is 0 Å². The summed E-state index contributed by atoms with van der Waals surface area (Å²) in [4.78, 5) is 26.1. The fourth-order valence-corrected chi connectivity index (χ4v) is 4.18. The van der Waals surface area contributed by atoms with Gasteiger partial charge < -0.3 is 10.2 Å². The summed E-state index contributed by atoms with van der Waals surface area (Å²) in [6.07, 6.45) is 2.08. The van der Waals surface area contributed by atoms with Crippen LogP contribution in [-0.4, -0.2) is 32.8 Å². The molecule has 1 aliphatic rings. The lowest BCUT2D eigenvalue weighted by Crippen LogP contribution is -2.32. The van der Waals surface area contributed by atoms with Crippen molar-refractivity contribution >= 4 is 33.2 Å². The predicted molar refractivity (Wildman–Crippen MR) is 112 cm³/mol. The first kappa shape index (κ1) is 20.9. The van der Waals surface area contributed by atoms with Crippen LogP contribution in [0, 0.1) is 0 Å². The van der Waals surface area contributed by atoms with Crippen molar-refractivity contribution in [3.05, 3.63) is 54.1 Å². The summed E-state index contributed by atoms with van der Waals surface area (Å²) >= 11 is 0. The van der Waals surface area contributed by atoms with Gasteiger partial charge in [-0.1, -0.05) is 19.1 Å². The van der Waals surface area contributed by atoms with Gasteiger partial charge in [-0.25, -0.2) is 8.42 Å². The van der Waals surface area contributed by atoms with Crippen molar-refractivity contribution in [3.63, 3.8) is 0 Å². The monoisotopic (exact) mass is 415 g/mol. The van der Waals surface area contributed by atoms with E-state index in [0.29, 0.717) is 18.7 Å². The molecule has 1 fully saturated rings. The maximum absolute atomic E-state index is 12.8. The smallest absolute Gasteiger partial charge is 0.261 e. The Bertz CT molecular complexity index is 1000. The quantitative estimate of drug-likeness (QED) is 0.726. The van der Waals surface area contributed by atoms with Gasteiger partial charge >= 0.3 is 0 Å². The van der Waals surface area contributed by atoms with E-state index < -0.39 is 10.0 Å². The second-order valence-corrected chi connectivity index (χ2v) is 8.76. The Labute approximate surface area is 171 Å². The molecule has 1 heterocycles. The Hall–Kier alpha value is -2.87. The van der Waals surface area contributed by atoms with Crippen molar-refractivity contribution in [2.75, 3.05) is 16.2 Å². The van der Waals surface area contributed by atoms with Crippen LogP contribution in [0.4, 0.5) is 11.4 Å². The van der Waals surface area contributed by atoms with Gasteiger partial charge in [-0.15, -0.1) is 0 Å². The molecule has 29 heavy (non-hydrogen) atoms. The largest absolute Gasteiger partial charge is 0.350 e. The van der Waals surface area contributed by atoms with Crippen LogP contribution in [-0.2, 0) is 14.8 Å². The molecular weight excluding hydrogens is 390 g/mol. The van der Waals surface area contributed by atoms with E-state index in [2.05, 4.69) is 10.0 Å². The molecule has 0 aromatic heterocycles. The van der Waals surface area contributed by atoms with E-state index in [1.54, 1.807) is 41.3 Å². The van der Waals surface area contributed by atoms with Gasteiger partial charge in [0.1, 0.15) is 0 Å². The van der Waals surface area contributed by atoms with Crippen LogP contribution in [0.1, 0.15) is 43.5 Å². The Morgan fingerprint density at radius 2 is 1.83 bits per heavy atom. The average molecular weight is 416 g/mol. The summed E-state index contributed by atoms with van der Waals surface area (Å²) in [7, 11) is -3.89. The molecule has 2 aromatic carbocycles. The number of sulfonamides is 1. The number of anilines is 2. The van der Waals surface area contributed by atoms with Crippen molar-refractivity contribution < 1.29 is 18.0 Å². The van der Waals surface area contributed by atoms with Crippen molar-refractivity contribution in [2.24, 2.45) is 0 Å². The summed E-state index contributed by atoms with van der Waals surface area (Å²) in [5, 5.41) is 2.84. The molecule has 0 spiro atoms. The highest BCUT2D eigenvalue weighted by Gasteiger charge is 2.23. The minimum atomic E-state index is -3.89. The Kier molecular flexibility index (Phi) is 6.22. The molecular formula is C21H25N3O4S. The zero-order valence-electron chi connectivity index (χ0n) is 16.5. The Balaban J connectivity index is 1.81. The SMILES string of the molecule is CC[C@H](C)NC(=O)c1ccccc1NS(=O)(=O)c1ccc(N2CCCC2=O)cc1.